The number of aryl methyl sites for hydroxylation is 2. The molecule has 0 fully saturated rings. The molecule has 106 valence electrons. The van der Waals surface area contributed by atoms with E-state index in [0.717, 1.165) is 22.2 Å². The van der Waals surface area contributed by atoms with Gasteiger partial charge in [-0.3, -0.25) is 0 Å². The lowest BCUT2D eigenvalue weighted by atomic mass is 10.1. The zero-order valence-corrected chi connectivity index (χ0v) is 12.5. The van der Waals surface area contributed by atoms with Crippen LogP contribution in [0.15, 0.2) is 30.3 Å². The molecule has 1 aromatic carbocycles. The van der Waals surface area contributed by atoms with Gasteiger partial charge in [0.05, 0.1) is 16.7 Å². The molecule has 0 aliphatic rings. The monoisotopic (exact) mass is 298 g/mol. The lowest BCUT2D eigenvalue weighted by Crippen LogP contribution is -2.08. The number of pyridine rings is 1. The number of imidazole rings is 1. The summed E-state index contributed by atoms with van der Waals surface area (Å²) in [5, 5.41) is 0. The van der Waals surface area contributed by atoms with Crippen molar-refractivity contribution in [2.75, 3.05) is 5.73 Å². The number of nitrogens with two attached hydrogens (primary N) is 1. The van der Waals surface area contributed by atoms with Crippen LogP contribution in [0.25, 0.3) is 11.0 Å². The van der Waals surface area contributed by atoms with Gasteiger partial charge in [0.1, 0.15) is 21.9 Å². The van der Waals surface area contributed by atoms with E-state index in [9.17, 15) is 4.21 Å². The largest absolute Gasteiger partial charge is 0.384 e. The van der Waals surface area contributed by atoms with E-state index < -0.39 is 0 Å². The summed E-state index contributed by atoms with van der Waals surface area (Å²) in [5.74, 6) is 0.902. The lowest BCUT2D eigenvalue weighted by molar-refractivity contribution is 0.701. The Labute approximate surface area is 125 Å². The quantitative estimate of drug-likeness (QED) is 0.559. The molecular formula is C15H14N4OS. The summed E-state index contributed by atoms with van der Waals surface area (Å²) in [4.78, 5) is 12.4. The van der Waals surface area contributed by atoms with Crippen LogP contribution in [0.3, 0.4) is 0 Å². The number of hydrogen-bond donors (Lipinski definition) is 2. The van der Waals surface area contributed by atoms with Gasteiger partial charge in [-0.25, -0.2) is 14.2 Å². The van der Waals surface area contributed by atoms with Crippen molar-refractivity contribution >= 4 is 33.0 Å². The second-order valence-corrected chi connectivity index (χ2v) is 5.50. The number of hydrogen-bond acceptors (Lipinski definition) is 4. The standard InChI is InChI=1S/C15H14N4OS/c1-8-6-9(2)13-11(7-8)18-15(19-13)14(21-20)10-4-3-5-12(16)17-10/h3-7H,1-2H3,(H2,16,17)(H,18,19). The Bertz CT molecular complexity index is 894. The molecule has 6 heteroatoms. The minimum absolute atomic E-state index is 0.365. The number of fused-ring (bicyclic) bond motifs is 1. The minimum Gasteiger partial charge on any atom is -0.384 e. The molecule has 0 bridgehead atoms. The van der Waals surface area contributed by atoms with Gasteiger partial charge in [-0.15, -0.1) is 0 Å². The first kappa shape index (κ1) is 13.5. The van der Waals surface area contributed by atoms with Gasteiger partial charge in [-0.1, -0.05) is 12.1 Å². The van der Waals surface area contributed by atoms with E-state index >= 15 is 0 Å². The minimum atomic E-state index is 0.365. The Balaban J connectivity index is 2.19. The molecule has 0 spiro atoms. The molecule has 3 rings (SSSR count). The summed E-state index contributed by atoms with van der Waals surface area (Å²) in [5.41, 5.74) is 10.2. The molecule has 2 aromatic heterocycles. The zero-order valence-electron chi connectivity index (χ0n) is 11.7. The highest BCUT2D eigenvalue weighted by molar-refractivity contribution is 7.67. The molecule has 0 atom stereocenters. The van der Waals surface area contributed by atoms with Crippen LogP contribution in [-0.2, 0) is 11.3 Å². The molecule has 21 heavy (non-hydrogen) atoms. The van der Waals surface area contributed by atoms with Crippen molar-refractivity contribution in [3.63, 3.8) is 0 Å². The number of nitrogens with zero attached hydrogens (tertiary/aromatic N) is 2. The predicted molar refractivity (Wildman–Crippen MR) is 85.6 cm³/mol. The molecule has 0 aliphatic carbocycles. The predicted octanol–water partition coefficient (Wildman–Crippen LogP) is 1.94. The van der Waals surface area contributed by atoms with Gasteiger partial charge in [-0.05, 0) is 43.2 Å². The van der Waals surface area contributed by atoms with Crippen molar-refractivity contribution in [2.45, 2.75) is 13.8 Å². The van der Waals surface area contributed by atoms with E-state index in [4.69, 9.17) is 5.73 Å². The highest BCUT2D eigenvalue weighted by Crippen LogP contribution is 2.19. The summed E-state index contributed by atoms with van der Waals surface area (Å²) in [6, 6.07) is 9.28. The average molecular weight is 298 g/mol. The number of H-pyrrole nitrogens is 1. The van der Waals surface area contributed by atoms with E-state index in [0.29, 0.717) is 33.5 Å². The van der Waals surface area contributed by atoms with Gasteiger partial charge in [0.15, 0.2) is 5.82 Å². The highest BCUT2D eigenvalue weighted by Gasteiger charge is 2.14. The first-order valence-corrected chi connectivity index (χ1v) is 7.19. The molecular weight excluding hydrogens is 284 g/mol. The number of aromatic nitrogens is 3. The normalized spacial score (nSPS) is 10.8. The van der Waals surface area contributed by atoms with Crippen LogP contribution < -0.4 is 5.73 Å². The van der Waals surface area contributed by atoms with Crippen LogP contribution in [0.5, 0.6) is 0 Å². The number of anilines is 1. The third-order valence-corrected chi connectivity index (χ3v) is 3.79. The third kappa shape index (κ3) is 2.45. The van der Waals surface area contributed by atoms with Crippen LogP contribution >= 0.6 is 0 Å². The van der Waals surface area contributed by atoms with Crippen molar-refractivity contribution in [3.8, 4) is 0 Å². The van der Waals surface area contributed by atoms with Gasteiger partial charge >= 0.3 is 0 Å². The average Bonchev–Trinajstić information content (AvgIpc) is 2.83. The maximum Gasteiger partial charge on any atom is 0.154 e. The van der Waals surface area contributed by atoms with Gasteiger partial charge in [0.25, 0.3) is 0 Å². The van der Waals surface area contributed by atoms with Crippen molar-refractivity contribution in [2.24, 2.45) is 0 Å². The highest BCUT2D eigenvalue weighted by atomic mass is 32.1. The van der Waals surface area contributed by atoms with Gasteiger partial charge < -0.3 is 10.7 Å². The number of nitrogens with one attached hydrogen (secondary N) is 1. The molecule has 0 amide bonds. The zero-order chi connectivity index (χ0) is 15.0. The SMILES string of the molecule is Cc1cc(C)c2nc(C(=S=O)c3cccc(N)n3)[nH]c2c1. The van der Waals surface area contributed by atoms with E-state index in [1.54, 1.807) is 18.2 Å². The van der Waals surface area contributed by atoms with Crippen molar-refractivity contribution in [1.82, 2.24) is 15.0 Å². The van der Waals surface area contributed by atoms with Gasteiger partial charge in [0, 0.05) is 0 Å². The summed E-state index contributed by atoms with van der Waals surface area (Å²) < 4.78 is 11.5. The molecule has 3 aromatic rings. The maximum atomic E-state index is 11.5. The van der Waals surface area contributed by atoms with Crippen molar-refractivity contribution in [1.29, 1.82) is 0 Å². The Hall–Kier alpha value is -2.47. The lowest BCUT2D eigenvalue weighted by Gasteiger charge is -2.00. The third-order valence-electron chi connectivity index (χ3n) is 3.22. The van der Waals surface area contributed by atoms with Crippen LogP contribution in [-0.4, -0.2) is 24.0 Å². The first-order chi connectivity index (χ1) is 10.1. The second kappa shape index (κ2) is 5.14. The Morgan fingerprint density at radius 3 is 2.76 bits per heavy atom. The van der Waals surface area contributed by atoms with E-state index in [2.05, 4.69) is 21.0 Å². The van der Waals surface area contributed by atoms with Crippen LogP contribution in [0.1, 0.15) is 22.6 Å². The fraction of sp³-hybridized carbons (Fsp3) is 0.133. The number of rotatable bonds is 2. The molecule has 3 N–H and O–H groups in total. The fourth-order valence-corrected chi connectivity index (χ4v) is 2.73. The molecule has 5 nitrogen and oxygen atoms in total. The molecule has 0 radical (unpaired) electrons. The van der Waals surface area contributed by atoms with E-state index in [1.807, 2.05) is 19.9 Å². The Morgan fingerprint density at radius 1 is 1.24 bits per heavy atom. The summed E-state index contributed by atoms with van der Waals surface area (Å²) in [6.45, 7) is 4.03. The molecule has 2 heterocycles. The molecule has 0 saturated heterocycles. The van der Waals surface area contributed by atoms with E-state index in [-0.39, 0.29) is 0 Å². The van der Waals surface area contributed by atoms with Crippen molar-refractivity contribution < 1.29 is 4.21 Å². The summed E-state index contributed by atoms with van der Waals surface area (Å²) >= 11 is 0.365. The van der Waals surface area contributed by atoms with Crippen LogP contribution in [0.2, 0.25) is 0 Å². The van der Waals surface area contributed by atoms with Gasteiger partial charge in [-0.2, -0.15) is 0 Å². The smallest absolute Gasteiger partial charge is 0.154 e. The maximum absolute atomic E-state index is 11.5. The number of nitrogen functional groups attached to an aromatic ring is 1. The summed E-state index contributed by atoms with van der Waals surface area (Å²) in [7, 11) is 0. The van der Waals surface area contributed by atoms with Crippen molar-refractivity contribution in [3.05, 3.63) is 53.0 Å². The van der Waals surface area contributed by atoms with Gasteiger partial charge in [0.2, 0.25) is 0 Å². The summed E-state index contributed by atoms with van der Waals surface area (Å²) in [6.07, 6.45) is 0. The molecule has 0 aliphatic heterocycles. The Kier molecular flexibility index (Phi) is 3.31. The van der Waals surface area contributed by atoms with Crippen LogP contribution in [0, 0.1) is 13.8 Å². The first-order valence-electron chi connectivity index (χ1n) is 6.45. The number of aromatic amines is 1. The topological polar surface area (TPSA) is 84.7 Å². The Morgan fingerprint density at radius 2 is 2.05 bits per heavy atom. The molecule has 0 saturated carbocycles. The molecule has 0 unspecified atom stereocenters. The second-order valence-electron chi connectivity index (χ2n) is 4.92. The number of benzene rings is 1. The fourth-order valence-electron chi connectivity index (χ4n) is 2.36. The van der Waals surface area contributed by atoms with Crippen LogP contribution in [0.4, 0.5) is 5.82 Å². The van der Waals surface area contributed by atoms with E-state index in [1.165, 1.54) is 0 Å².